The number of carbonyl (C=O) groups is 1. The van der Waals surface area contributed by atoms with Crippen LogP contribution in [0.25, 0.3) is 0 Å². The Labute approximate surface area is 109 Å². The Morgan fingerprint density at radius 1 is 1.41 bits per heavy atom. The predicted molar refractivity (Wildman–Crippen MR) is 69.0 cm³/mol. The van der Waals surface area contributed by atoms with Crippen molar-refractivity contribution in [2.24, 2.45) is 0 Å². The normalized spacial score (nSPS) is 19.1. The second kappa shape index (κ2) is 5.50. The van der Waals surface area contributed by atoms with Crippen molar-refractivity contribution in [1.29, 1.82) is 0 Å². The molecule has 0 saturated heterocycles. The van der Waals surface area contributed by atoms with Crippen LogP contribution in [0.5, 0.6) is 0 Å². The second-order valence-electron chi connectivity index (χ2n) is 4.38. The highest BCUT2D eigenvalue weighted by Crippen LogP contribution is 2.33. The van der Waals surface area contributed by atoms with Crippen molar-refractivity contribution in [2.75, 3.05) is 5.33 Å². The minimum Gasteiger partial charge on any atom is -0.550 e. The first-order valence-corrected chi connectivity index (χ1v) is 6.84. The summed E-state index contributed by atoms with van der Waals surface area (Å²) in [4.78, 5) is 10.8. The number of alkyl halides is 1. The number of fused-ring (bicyclic) bond motifs is 1. The van der Waals surface area contributed by atoms with Gasteiger partial charge < -0.3 is 9.90 Å². The van der Waals surface area contributed by atoms with Crippen molar-refractivity contribution < 1.29 is 9.90 Å². The molecule has 17 heavy (non-hydrogen) atoms. The number of hydrogen-bond donors (Lipinski definition) is 0. The zero-order valence-electron chi connectivity index (χ0n) is 9.49. The van der Waals surface area contributed by atoms with E-state index in [2.05, 4.69) is 28.1 Å². The van der Waals surface area contributed by atoms with Crippen LogP contribution in [0.2, 0.25) is 0 Å². The fourth-order valence-corrected chi connectivity index (χ4v) is 2.83. The smallest absolute Gasteiger partial charge is 0.0420 e. The van der Waals surface area contributed by atoms with E-state index in [4.69, 9.17) is 0 Å². The Hall–Kier alpha value is -1.09. The number of benzene rings is 1. The van der Waals surface area contributed by atoms with Crippen LogP contribution in [-0.4, -0.2) is 11.3 Å². The number of hydrogen-bond acceptors (Lipinski definition) is 2. The molecular weight excluding hydrogens is 280 g/mol. The van der Waals surface area contributed by atoms with Crippen molar-refractivity contribution in [3.05, 3.63) is 47.0 Å². The average Bonchev–Trinajstić information content (AvgIpc) is 2.49. The fraction of sp³-hybridized carbons (Fsp3) is 0.357. The molecule has 1 aliphatic carbocycles. The summed E-state index contributed by atoms with van der Waals surface area (Å²) in [6.45, 7) is 0. The zero-order chi connectivity index (χ0) is 12.3. The van der Waals surface area contributed by atoms with E-state index in [1.807, 2.05) is 18.2 Å². The molecule has 3 heteroatoms. The Morgan fingerprint density at radius 3 is 2.88 bits per heavy atom. The maximum atomic E-state index is 10.8. The molecule has 1 aliphatic rings. The Kier molecular flexibility index (Phi) is 4.00. The van der Waals surface area contributed by atoms with E-state index < -0.39 is 5.97 Å². The van der Waals surface area contributed by atoms with Gasteiger partial charge in [0.2, 0.25) is 0 Å². The molecular formula is C14H14BrO2-. The van der Waals surface area contributed by atoms with E-state index in [1.54, 1.807) is 0 Å². The van der Waals surface area contributed by atoms with Gasteiger partial charge in [0.15, 0.2) is 0 Å². The van der Waals surface area contributed by atoms with Gasteiger partial charge >= 0.3 is 0 Å². The molecule has 0 fully saturated rings. The summed E-state index contributed by atoms with van der Waals surface area (Å²) in [6.07, 6.45) is 3.99. The van der Waals surface area contributed by atoms with Gasteiger partial charge in [-0.3, -0.25) is 0 Å². The first-order chi connectivity index (χ1) is 8.20. The highest BCUT2D eigenvalue weighted by atomic mass is 79.9. The molecule has 0 saturated carbocycles. The summed E-state index contributed by atoms with van der Waals surface area (Å²) in [5.41, 5.74) is 3.66. The van der Waals surface area contributed by atoms with E-state index in [-0.39, 0.29) is 12.3 Å². The standard InChI is InChI=1S/C14H15BrO2/c15-9-10-5-6-11-3-1-2-4-13(11)12(7-10)8-14(16)17/h1-5,12H,6-9H2,(H,16,17)/p-1. The highest BCUT2D eigenvalue weighted by Gasteiger charge is 2.19. The number of carboxylic acid groups (broad SMARTS) is 1. The lowest BCUT2D eigenvalue weighted by molar-refractivity contribution is -0.306. The molecule has 90 valence electrons. The first-order valence-electron chi connectivity index (χ1n) is 5.72. The molecule has 0 N–H and O–H groups in total. The summed E-state index contributed by atoms with van der Waals surface area (Å²) in [5, 5.41) is 11.7. The van der Waals surface area contributed by atoms with Gasteiger partial charge in [0.1, 0.15) is 0 Å². The van der Waals surface area contributed by atoms with Crippen molar-refractivity contribution in [2.45, 2.75) is 25.2 Å². The third kappa shape index (κ3) is 2.97. The number of carbonyl (C=O) groups excluding carboxylic acids is 1. The van der Waals surface area contributed by atoms with Crippen molar-refractivity contribution in [3.8, 4) is 0 Å². The molecule has 1 aromatic carbocycles. The molecule has 0 aliphatic heterocycles. The van der Waals surface area contributed by atoms with Gasteiger partial charge in [0, 0.05) is 11.3 Å². The minimum absolute atomic E-state index is 0.0440. The van der Waals surface area contributed by atoms with Crippen LogP contribution in [0.15, 0.2) is 35.9 Å². The SMILES string of the molecule is O=C([O-])CC1CC(CBr)=CCc2ccccc21. The number of aliphatic carboxylic acids is 1. The van der Waals surface area contributed by atoms with Crippen LogP contribution in [0.4, 0.5) is 0 Å². The summed E-state index contributed by atoms with van der Waals surface area (Å²) in [7, 11) is 0. The predicted octanol–water partition coefficient (Wildman–Crippen LogP) is 2.18. The lowest BCUT2D eigenvalue weighted by Gasteiger charge is -2.19. The van der Waals surface area contributed by atoms with E-state index in [9.17, 15) is 9.90 Å². The second-order valence-corrected chi connectivity index (χ2v) is 4.94. The monoisotopic (exact) mass is 293 g/mol. The summed E-state index contributed by atoms with van der Waals surface area (Å²) < 4.78 is 0. The molecule has 0 radical (unpaired) electrons. The number of rotatable bonds is 3. The minimum atomic E-state index is -0.972. The van der Waals surface area contributed by atoms with E-state index in [1.165, 1.54) is 11.1 Å². The van der Waals surface area contributed by atoms with Crippen LogP contribution in [0.1, 0.15) is 29.9 Å². The fourth-order valence-electron chi connectivity index (χ4n) is 2.37. The van der Waals surface area contributed by atoms with Gasteiger partial charge in [-0.25, -0.2) is 0 Å². The topological polar surface area (TPSA) is 40.1 Å². The van der Waals surface area contributed by atoms with Gasteiger partial charge in [0.25, 0.3) is 0 Å². The molecule has 2 rings (SSSR count). The first kappa shape index (κ1) is 12.4. The molecule has 2 nitrogen and oxygen atoms in total. The molecule has 1 unspecified atom stereocenters. The highest BCUT2D eigenvalue weighted by molar-refractivity contribution is 9.09. The Bertz CT molecular complexity index is 451. The van der Waals surface area contributed by atoms with Crippen LogP contribution >= 0.6 is 15.9 Å². The zero-order valence-corrected chi connectivity index (χ0v) is 11.1. The average molecular weight is 294 g/mol. The molecule has 0 amide bonds. The Balaban J connectivity index is 2.34. The van der Waals surface area contributed by atoms with E-state index in [0.29, 0.717) is 0 Å². The molecule has 0 bridgehead atoms. The van der Waals surface area contributed by atoms with Crippen molar-refractivity contribution in [1.82, 2.24) is 0 Å². The van der Waals surface area contributed by atoms with Crippen molar-refractivity contribution >= 4 is 21.9 Å². The maximum Gasteiger partial charge on any atom is 0.0420 e. The molecule has 0 spiro atoms. The molecule has 1 atom stereocenters. The lowest BCUT2D eigenvalue weighted by atomic mass is 9.88. The van der Waals surface area contributed by atoms with Gasteiger partial charge in [0.05, 0.1) is 0 Å². The maximum absolute atomic E-state index is 10.8. The van der Waals surface area contributed by atoms with E-state index in [0.717, 1.165) is 23.7 Å². The molecule has 0 heterocycles. The Morgan fingerprint density at radius 2 is 2.18 bits per heavy atom. The van der Waals surface area contributed by atoms with Crippen LogP contribution in [-0.2, 0) is 11.2 Å². The summed E-state index contributed by atoms with van der Waals surface area (Å²) >= 11 is 3.45. The summed E-state index contributed by atoms with van der Waals surface area (Å²) in [5.74, 6) is -0.928. The third-order valence-electron chi connectivity index (χ3n) is 3.20. The third-order valence-corrected chi connectivity index (χ3v) is 3.92. The quantitative estimate of drug-likeness (QED) is 0.633. The van der Waals surface area contributed by atoms with Crippen LogP contribution in [0, 0.1) is 0 Å². The van der Waals surface area contributed by atoms with Crippen LogP contribution < -0.4 is 5.11 Å². The lowest BCUT2D eigenvalue weighted by Crippen LogP contribution is -2.24. The van der Waals surface area contributed by atoms with Gasteiger partial charge in [-0.15, -0.1) is 0 Å². The van der Waals surface area contributed by atoms with E-state index >= 15 is 0 Å². The van der Waals surface area contributed by atoms with Gasteiger partial charge in [-0.05, 0) is 36.3 Å². The van der Waals surface area contributed by atoms with Crippen molar-refractivity contribution in [3.63, 3.8) is 0 Å². The summed E-state index contributed by atoms with van der Waals surface area (Å²) in [6, 6.07) is 8.08. The number of halogens is 1. The van der Waals surface area contributed by atoms with Gasteiger partial charge in [-0.1, -0.05) is 51.8 Å². The molecule has 1 aromatic rings. The number of allylic oxidation sites excluding steroid dienone is 2. The largest absolute Gasteiger partial charge is 0.550 e. The van der Waals surface area contributed by atoms with Gasteiger partial charge in [-0.2, -0.15) is 0 Å². The number of carboxylic acids is 1. The van der Waals surface area contributed by atoms with Crippen LogP contribution in [0.3, 0.4) is 0 Å². The molecule has 0 aromatic heterocycles.